The number of rotatable bonds is 9. The van der Waals surface area contributed by atoms with Gasteiger partial charge in [-0.05, 0) is 47.2 Å². The zero-order valence-electron chi connectivity index (χ0n) is 17.3. The van der Waals surface area contributed by atoms with Crippen LogP contribution in [-0.2, 0) is 19.1 Å². The van der Waals surface area contributed by atoms with Gasteiger partial charge in [-0.3, -0.25) is 14.4 Å². The molecule has 1 aromatic carbocycles. The van der Waals surface area contributed by atoms with Crippen LogP contribution in [0.3, 0.4) is 0 Å². The molecule has 0 radical (unpaired) electrons. The standard InChI is InChI=1S/C23H22O6S2/c1-14(24)28-22(18-6-4-12-30-18)20(21(26)16-8-10-17(27-3)11-9-16)23(29-15(2)25)19-7-5-13-31-19/h4-13,20,22-23H,1-3H3/t22-,23-/m0/s1. The lowest BCUT2D eigenvalue weighted by molar-refractivity contribution is -0.157. The van der Waals surface area contributed by atoms with Gasteiger partial charge in [-0.2, -0.15) is 0 Å². The third-order valence-corrected chi connectivity index (χ3v) is 6.43. The quantitative estimate of drug-likeness (QED) is 0.323. The van der Waals surface area contributed by atoms with Crippen molar-refractivity contribution >= 4 is 40.4 Å². The second-order valence-electron chi connectivity index (χ2n) is 6.71. The van der Waals surface area contributed by atoms with Crippen LogP contribution in [0.5, 0.6) is 5.75 Å². The predicted octanol–water partition coefficient (Wildman–Crippen LogP) is 5.23. The molecule has 0 saturated carbocycles. The fraction of sp³-hybridized carbons (Fsp3) is 0.261. The second-order valence-corrected chi connectivity index (χ2v) is 8.67. The molecule has 2 heterocycles. The lowest BCUT2D eigenvalue weighted by Gasteiger charge is -2.31. The van der Waals surface area contributed by atoms with Crippen LogP contribution in [0.1, 0.15) is 46.2 Å². The Labute approximate surface area is 188 Å². The molecule has 0 aliphatic heterocycles. The highest BCUT2D eigenvalue weighted by Crippen LogP contribution is 2.43. The summed E-state index contributed by atoms with van der Waals surface area (Å²) < 4.78 is 16.5. The first kappa shape index (κ1) is 22.7. The Morgan fingerprint density at radius 2 is 1.26 bits per heavy atom. The summed E-state index contributed by atoms with van der Waals surface area (Å²) in [6.07, 6.45) is -1.84. The number of ketones is 1. The molecule has 0 aliphatic rings. The van der Waals surface area contributed by atoms with E-state index < -0.39 is 30.1 Å². The van der Waals surface area contributed by atoms with Crippen LogP contribution in [0.4, 0.5) is 0 Å². The average molecular weight is 459 g/mol. The van der Waals surface area contributed by atoms with E-state index in [9.17, 15) is 14.4 Å². The Hall–Kier alpha value is -2.97. The zero-order valence-corrected chi connectivity index (χ0v) is 18.9. The third kappa shape index (κ3) is 5.59. The van der Waals surface area contributed by atoms with Crippen molar-refractivity contribution in [1.29, 1.82) is 0 Å². The molecule has 0 amide bonds. The van der Waals surface area contributed by atoms with Gasteiger partial charge in [0.2, 0.25) is 0 Å². The fourth-order valence-corrected chi connectivity index (χ4v) is 4.86. The van der Waals surface area contributed by atoms with E-state index >= 15 is 0 Å². The SMILES string of the molecule is COc1ccc(C(=O)C([C@@H](OC(C)=O)c2cccs2)[C@@H](OC(C)=O)c2cccs2)cc1. The zero-order chi connectivity index (χ0) is 22.4. The van der Waals surface area contributed by atoms with Crippen molar-refractivity contribution in [3.8, 4) is 5.75 Å². The van der Waals surface area contributed by atoms with Gasteiger partial charge in [-0.1, -0.05) is 12.1 Å². The van der Waals surface area contributed by atoms with Gasteiger partial charge in [-0.25, -0.2) is 0 Å². The van der Waals surface area contributed by atoms with E-state index in [2.05, 4.69) is 0 Å². The summed E-state index contributed by atoms with van der Waals surface area (Å²) in [6.45, 7) is 2.59. The number of methoxy groups -OCH3 is 1. The normalized spacial score (nSPS) is 12.8. The highest BCUT2D eigenvalue weighted by atomic mass is 32.1. The molecule has 2 atom stereocenters. The molecule has 2 aromatic heterocycles. The maximum atomic E-state index is 13.8. The summed E-state index contributed by atoms with van der Waals surface area (Å²) in [5.74, 6) is -1.73. The first-order chi connectivity index (χ1) is 14.9. The lowest BCUT2D eigenvalue weighted by atomic mass is 9.85. The number of ether oxygens (including phenoxy) is 3. The smallest absolute Gasteiger partial charge is 0.303 e. The van der Waals surface area contributed by atoms with E-state index in [-0.39, 0.29) is 5.78 Å². The molecule has 0 N–H and O–H groups in total. The minimum atomic E-state index is -0.974. The van der Waals surface area contributed by atoms with Crippen LogP contribution in [-0.4, -0.2) is 24.8 Å². The third-order valence-electron chi connectivity index (χ3n) is 4.56. The number of esters is 2. The summed E-state index contributed by atoms with van der Waals surface area (Å²) in [5, 5.41) is 3.68. The van der Waals surface area contributed by atoms with E-state index in [1.54, 1.807) is 43.5 Å². The van der Waals surface area contributed by atoms with E-state index in [1.165, 1.54) is 36.5 Å². The Balaban J connectivity index is 2.13. The van der Waals surface area contributed by atoms with Gasteiger partial charge in [0.1, 0.15) is 23.9 Å². The topological polar surface area (TPSA) is 78.9 Å². The minimum Gasteiger partial charge on any atom is -0.497 e. The lowest BCUT2D eigenvalue weighted by Crippen LogP contribution is -2.33. The summed E-state index contributed by atoms with van der Waals surface area (Å²) in [4.78, 5) is 39.1. The summed E-state index contributed by atoms with van der Waals surface area (Å²) in [7, 11) is 1.54. The number of carbonyl (C=O) groups is 3. The van der Waals surface area contributed by atoms with Crippen molar-refractivity contribution in [2.24, 2.45) is 5.92 Å². The minimum absolute atomic E-state index is 0.304. The molecule has 0 bridgehead atoms. The van der Waals surface area contributed by atoms with Crippen molar-refractivity contribution in [1.82, 2.24) is 0 Å². The van der Waals surface area contributed by atoms with Gasteiger partial charge in [-0.15, -0.1) is 22.7 Å². The summed E-state index contributed by atoms with van der Waals surface area (Å²) in [5.41, 5.74) is 0.396. The molecule has 0 saturated heterocycles. The van der Waals surface area contributed by atoms with Crippen molar-refractivity contribution in [2.75, 3.05) is 7.11 Å². The van der Waals surface area contributed by atoms with Crippen LogP contribution >= 0.6 is 22.7 Å². The Bertz CT molecular complexity index is 955. The predicted molar refractivity (Wildman–Crippen MR) is 118 cm³/mol. The molecule has 0 unspecified atom stereocenters. The van der Waals surface area contributed by atoms with Crippen molar-refractivity contribution in [3.05, 3.63) is 74.6 Å². The molecule has 3 aromatic rings. The van der Waals surface area contributed by atoms with Gasteiger partial charge in [0.25, 0.3) is 0 Å². The monoisotopic (exact) mass is 458 g/mol. The van der Waals surface area contributed by atoms with Gasteiger partial charge < -0.3 is 14.2 Å². The molecular formula is C23H22O6S2. The van der Waals surface area contributed by atoms with Crippen LogP contribution in [0.15, 0.2) is 59.3 Å². The van der Waals surface area contributed by atoms with Gasteiger partial charge in [0.15, 0.2) is 5.78 Å². The molecular weight excluding hydrogens is 436 g/mol. The highest BCUT2D eigenvalue weighted by molar-refractivity contribution is 7.10. The Kier molecular flexibility index (Phi) is 7.59. The second kappa shape index (κ2) is 10.4. The largest absolute Gasteiger partial charge is 0.497 e. The molecule has 0 fully saturated rings. The van der Waals surface area contributed by atoms with Crippen LogP contribution < -0.4 is 4.74 Å². The van der Waals surface area contributed by atoms with Crippen LogP contribution in [0.2, 0.25) is 0 Å². The van der Waals surface area contributed by atoms with E-state index in [0.717, 1.165) is 0 Å². The fourth-order valence-electron chi connectivity index (χ4n) is 3.26. The maximum Gasteiger partial charge on any atom is 0.303 e. The number of carbonyl (C=O) groups excluding carboxylic acids is 3. The van der Waals surface area contributed by atoms with Crippen LogP contribution in [0.25, 0.3) is 0 Å². The highest BCUT2D eigenvalue weighted by Gasteiger charge is 2.42. The molecule has 0 spiro atoms. The van der Waals surface area contributed by atoms with Gasteiger partial charge in [0, 0.05) is 29.2 Å². The average Bonchev–Trinajstić information content (AvgIpc) is 3.46. The molecule has 0 aliphatic carbocycles. The summed E-state index contributed by atoms with van der Waals surface area (Å²) in [6, 6.07) is 13.9. The molecule has 162 valence electrons. The first-order valence-electron chi connectivity index (χ1n) is 9.50. The van der Waals surface area contributed by atoms with Gasteiger partial charge >= 0.3 is 11.9 Å². The Morgan fingerprint density at radius 1 is 0.774 bits per heavy atom. The van der Waals surface area contributed by atoms with Crippen molar-refractivity contribution < 1.29 is 28.6 Å². The van der Waals surface area contributed by atoms with E-state index in [0.29, 0.717) is 21.1 Å². The number of Topliss-reactive ketones (excluding diaryl/α,β-unsaturated/α-hetero) is 1. The molecule has 31 heavy (non-hydrogen) atoms. The molecule has 3 rings (SSSR count). The summed E-state index contributed by atoms with van der Waals surface area (Å²) >= 11 is 2.73. The Morgan fingerprint density at radius 3 is 1.61 bits per heavy atom. The molecule has 8 heteroatoms. The number of benzene rings is 1. The van der Waals surface area contributed by atoms with E-state index in [4.69, 9.17) is 14.2 Å². The van der Waals surface area contributed by atoms with Crippen molar-refractivity contribution in [2.45, 2.75) is 26.1 Å². The van der Waals surface area contributed by atoms with Crippen molar-refractivity contribution in [3.63, 3.8) is 0 Å². The maximum absolute atomic E-state index is 13.8. The number of hydrogen-bond acceptors (Lipinski definition) is 8. The van der Waals surface area contributed by atoms with Crippen LogP contribution in [0, 0.1) is 5.92 Å². The van der Waals surface area contributed by atoms with E-state index in [1.807, 2.05) is 22.9 Å². The van der Waals surface area contributed by atoms with Gasteiger partial charge in [0.05, 0.1) is 7.11 Å². The number of hydrogen-bond donors (Lipinski definition) is 0. The number of thiophene rings is 2. The first-order valence-corrected chi connectivity index (χ1v) is 11.3. The molecule has 6 nitrogen and oxygen atoms in total.